The Hall–Kier alpha value is -0.950. The molecule has 1 aromatic rings. The molecule has 2 heterocycles. The van der Waals surface area contributed by atoms with Gasteiger partial charge in [0.25, 0.3) is 0 Å². The van der Waals surface area contributed by atoms with E-state index in [2.05, 4.69) is 10.2 Å². The van der Waals surface area contributed by atoms with Gasteiger partial charge in [0, 0.05) is 12.5 Å². The molecule has 3 rings (SSSR count). The minimum Gasteiger partial charge on any atom is -0.423 e. The Bertz CT molecular complexity index is 565. The fourth-order valence-corrected chi connectivity index (χ4v) is 4.17. The van der Waals surface area contributed by atoms with Crippen molar-refractivity contribution in [2.24, 2.45) is 0 Å². The molecule has 2 aliphatic rings. The lowest BCUT2D eigenvalue weighted by atomic mass is 9.85. The topological polar surface area (TPSA) is 76.3 Å². The van der Waals surface area contributed by atoms with Crippen molar-refractivity contribution in [3.05, 3.63) is 11.8 Å². The first-order chi connectivity index (χ1) is 9.62. The molecule has 0 N–H and O–H groups in total. The van der Waals surface area contributed by atoms with Crippen LogP contribution in [0.4, 0.5) is 0 Å². The van der Waals surface area contributed by atoms with Gasteiger partial charge in [-0.25, -0.2) is 8.42 Å². The molecule has 2 fully saturated rings. The van der Waals surface area contributed by atoms with E-state index < -0.39 is 10.0 Å². The van der Waals surface area contributed by atoms with Gasteiger partial charge in [-0.3, -0.25) is 0 Å². The quantitative estimate of drug-likeness (QED) is 0.852. The zero-order valence-corrected chi connectivity index (χ0v) is 12.6. The number of rotatable bonds is 4. The monoisotopic (exact) mass is 299 g/mol. The molecule has 0 amide bonds. The van der Waals surface area contributed by atoms with Crippen molar-refractivity contribution < 1.29 is 12.8 Å². The molecule has 1 aliphatic heterocycles. The summed E-state index contributed by atoms with van der Waals surface area (Å²) in [5, 5.41) is 8.24. The fourth-order valence-electron chi connectivity index (χ4n) is 2.85. The molecule has 6 nitrogen and oxygen atoms in total. The van der Waals surface area contributed by atoms with Crippen molar-refractivity contribution in [3.63, 3.8) is 0 Å². The number of nitrogens with zero attached hydrogens (tertiary/aromatic N) is 3. The molecule has 1 aliphatic carbocycles. The van der Waals surface area contributed by atoms with Gasteiger partial charge in [0.15, 0.2) is 0 Å². The summed E-state index contributed by atoms with van der Waals surface area (Å²) in [6, 6.07) is -0.268. The molecule has 0 unspecified atom stereocenters. The van der Waals surface area contributed by atoms with Crippen molar-refractivity contribution in [1.82, 2.24) is 14.5 Å². The van der Waals surface area contributed by atoms with E-state index in [9.17, 15) is 8.42 Å². The van der Waals surface area contributed by atoms with Crippen LogP contribution in [-0.2, 0) is 10.0 Å². The van der Waals surface area contributed by atoms with Gasteiger partial charge >= 0.3 is 0 Å². The van der Waals surface area contributed by atoms with Crippen LogP contribution in [0.1, 0.15) is 69.2 Å². The van der Waals surface area contributed by atoms with Gasteiger partial charge in [0.05, 0.1) is 5.75 Å². The molecule has 0 aromatic carbocycles. The highest BCUT2D eigenvalue weighted by molar-refractivity contribution is 7.89. The average molecular weight is 299 g/mol. The van der Waals surface area contributed by atoms with Crippen molar-refractivity contribution >= 4 is 10.0 Å². The van der Waals surface area contributed by atoms with Gasteiger partial charge in [0.2, 0.25) is 21.8 Å². The summed E-state index contributed by atoms with van der Waals surface area (Å²) in [6.07, 6.45) is 6.08. The second-order valence-electron chi connectivity index (χ2n) is 5.63. The number of hydrogen-bond acceptors (Lipinski definition) is 5. The van der Waals surface area contributed by atoms with Crippen molar-refractivity contribution in [3.8, 4) is 0 Å². The first-order valence-corrected chi connectivity index (χ1v) is 9.05. The van der Waals surface area contributed by atoms with E-state index in [0.717, 1.165) is 32.1 Å². The third kappa shape index (κ3) is 2.48. The Morgan fingerprint density at radius 2 is 1.90 bits per heavy atom. The van der Waals surface area contributed by atoms with Crippen LogP contribution < -0.4 is 0 Å². The Labute approximate surface area is 119 Å². The standard InChI is InChI=1S/C13H21N3O3S/c1-2-20(17,18)16-9-4-3-8-11(16)13-15-14-12(19-13)10-6-5-7-10/h10-11H,2-9H2,1H3/t11-/m1/s1. The van der Waals surface area contributed by atoms with E-state index in [1.54, 1.807) is 11.2 Å². The van der Waals surface area contributed by atoms with E-state index >= 15 is 0 Å². The van der Waals surface area contributed by atoms with Crippen LogP contribution in [0.5, 0.6) is 0 Å². The Balaban J connectivity index is 1.84. The number of sulfonamides is 1. The third-order valence-corrected chi connectivity index (χ3v) is 6.25. The van der Waals surface area contributed by atoms with Crippen LogP contribution in [0, 0.1) is 0 Å². The average Bonchev–Trinajstić information content (AvgIpc) is 2.86. The molecule has 1 saturated carbocycles. The maximum Gasteiger partial charge on any atom is 0.234 e. The highest BCUT2D eigenvalue weighted by Crippen LogP contribution is 2.38. The second-order valence-corrected chi connectivity index (χ2v) is 7.84. The first-order valence-electron chi connectivity index (χ1n) is 7.44. The SMILES string of the molecule is CCS(=O)(=O)N1CCCC[C@@H]1c1nnc(C2CCC2)o1. The van der Waals surface area contributed by atoms with E-state index in [-0.39, 0.29) is 11.8 Å². The van der Waals surface area contributed by atoms with Crippen LogP contribution in [0.15, 0.2) is 4.42 Å². The summed E-state index contributed by atoms with van der Waals surface area (Å²) < 4.78 is 31.7. The zero-order chi connectivity index (χ0) is 14.2. The summed E-state index contributed by atoms with van der Waals surface area (Å²) >= 11 is 0. The maximum absolute atomic E-state index is 12.2. The Kier molecular flexibility index (Phi) is 3.81. The normalized spacial score (nSPS) is 25.6. The molecule has 0 spiro atoms. The van der Waals surface area contributed by atoms with Gasteiger partial charge in [-0.2, -0.15) is 4.31 Å². The van der Waals surface area contributed by atoms with E-state index in [0.29, 0.717) is 24.2 Å². The predicted octanol–water partition coefficient (Wildman–Crippen LogP) is 2.21. The molecular weight excluding hydrogens is 278 g/mol. The predicted molar refractivity (Wildman–Crippen MR) is 73.6 cm³/mol. The summed E-state index contributed by atoms with van der Waals surface area (Å²) in [5.41, 5.74) is 0. The van der Waals surface area contributed by atoms with Gasteiger partial charge < -0.3 is 4.42 Å². The summed E-state index contributed by atoms with van der Waals surface area (Å²) in [5.74, 6) is 1.66. The lowest BCUT2D eigenvalue weighted by molar-refractivity contribution is 0.210. The molecule has 7 heteroatoms. The van der Waals surface area contributed by atoms with E-state index in [1.165, 1.54) is 6.42 Å². The minimum absolute atomic E-state index is 0.118. The van der Waals surface area contributed by atoms with Crippen LogP contribution in [0.25, 0.3) is 0 Å². The summed E-state index contributed by atoms with van der Waals surface area (Å²) in [7, 11) is -3.22. The molecule has 20 heavy (non-hydrogen) atoms. The van der Waals surface area contributed by atoms with Gasteiger partial charge in [0.1, 0.15) is 6.04 Å². The van der Waals surface area contributed by atoms with Gasteiger partial charge in [-0.1, -0.05) is 12.8 Å². The van der Waals surface area contributed by atoms with Crippen molar-refractivity contribution in [2.45, 2.75) is 57.4 Å². The molecular formula is C13H21N3O3S. The van der Waals surface area contributed by atoms with Crippen molar-refractivity contribution in [1.29, 1.82) is 0 Å². The molecule has 0 radical (unpaired) electrons. The van der Waals surface area contributed by atoms with Crippen LogP contribution in [0.2, 0.25) is 0 Å². The largest absolute Gasteiger partial charge is 0.423 e. The molecule has 112 valence electrons. The van der Waals surface area contributed by atoms with Gasteiger partial charge in [-0.15, -0.1) is 10.2 Å². The summed E-state index contributed by atoms with van der Waals surface area (Å²) in [6.45, 7) is 2.23. The number of aromatic nitrogens is 2. The first kappa shape index (κ1) is 14.0. The van der Waals surface area contributed by atoms with E-state index in [4.69, 9.17) is 4.42 Å². The lowest BCUT2D eigenvalue weighted by Crippen LogP contribution is -2.39. The van der Waals surface area contributed by atoms with Crippen LogP contribution in [0.3, 0.4) is 0 Å². The Morgan fingerprint density at radius 3 is 2.55 bits per heavy atom. The maximum atomic E-state index is 12.2. The van der Waals surface area contributed by atoms with Crippen molar-refractivity contribution in [2.75, 3.05) is 12.3 Å². The van der Waals surface area contributed by atoms with Gasteiger partial charge in [-0.05, 0) is 32.6 Å². The van der Waals surface area contributed by atoms with Crippen LogP contribution in [-0.4, -0.2) is 35.2 Å². The fraction of sp³-hybridized carbons (Fsp3) is 0.846. The smallest absolute Gasteiger partial charge is 0.234 e. The second kappa shape index (κ2) is 5.44. The highest BCUT2D eigenvalue weighted by Gasteiger charge is 2.36. The minimum atomic E-state index is -3.22. The van der Waals surface area contributed by atoms with E-state index in [1.807, 2.05) is 0 Å². The van der Waals surface area contributed by atoms with Crippen LogP contribution >= 0.6 is 0 Å². The molecule has 1 atom stereocenters. The zero-order valence-electron chi connectivity index (χ0n) is 11.8. The lowest BCUT2D eigenvalue weighted by Gasteiger charge is -2.32. The number of hydrogen-bond donors (Lipinski definition) is 0. The third-order valence-electron chi connectivity index (χ3n) is 4.37. The molecule has 1 saturated heterocycles. The molecule has 1 aromatic heterocycles. The molecule has 0 bridgehead atoms. The number of piperidine rings is 1. The highest BCUT2D eigenvalue weighted by atomic mass is 32.2. The summed E-state index contributed by atoms with van der Waals surface area (Å²) in [4.78, 5) is 0. The Morgan fingerprint density at radius 1 is 1.15 bits per heavy atom.